The van der Waals surface area contributed by atoms with Crippen LogP contribution in [0.3, 0.4) is 0 Å². The van der Waals surface area contributed by atoms with Gasteiger partial charge in [0.2, 0.25) is 5.91 Å². The van der Waals surface area contributed by atoms with E-state index in [1.807, 2.05) is 97.9 Å². The molecule has 8 nitrogen and oxygen atoms in total. The molecule has 0 spiro atoms. The molecule has 2 N–H and O–H groups in total. The maximum Gasteiger partial charge on any atom is 0.409 e. The lowest BCUT2D eigenvalue weighted by Crippen LogP contribution is -2.74. The van der Waals surface area contributed by atoms with Gasteiger partial charge in [-0.05, 0) is 50.3 Å². The van der Waals surface area contributed by atoms with Crippen molar-refractivity contribution in [2.24, 2.45) is 5.92 Å². The molecular weight excluding hydrogens is 530 g/mol. The average Bonchev–Trinajstić information content (AvgIpc) is 2.96. The van der Waals surface area contributed by atoms with Gasteiger partial charge in [0.15, 0.2) is 0 Å². The predicted octanol–water partition coefficient (Wildman–Crippen LogP) is 6.72. The first-order valence-corrected chi connectivity index (χ1v) is 14.5. The Hall–Kier alpha value is -4.33. The Morgan fingerprint density at radius 1 is 0.810 bits per heavy atom. The van der Waals surface area contributed by atoms with Gasteiger partial charge in [-0.2, -0.15) is 0 Å². The zero-order valence-electron chi connectivity index (χ0n) is 24.8. The van der Waals surface area contributed by atoms with Crippen molar-refractivity contribution < 1.29 is 23.9 Å². The van der Waals surface area contributed by atoms with Gasteiger partial charge < -0.3 is 14.4 Å². The molecule has 0 unspecified atom stereocenters. The van der Waals surface area contributed by atoms with Crippen LogP contribution in [-0.2, 0) is 27.4 Å². The number of carbonyl (C=O) groups is 3. The van der Waals surface area contributed by atoms with Gasteiger partial charge in [-0.3, -0.25) is 15.4 Å². The minimum atomic E-state index is -1.46. The number of alkyl carbamates (subject to hydrolysis) is 2. The molecule has 1 aliphatic heterocycles. The quantitative estimate of drug-likeness (QED) is 0.197. The van der Waals surface area contributed by atoms with E-state index >= 15 is 0 Å². The molecule has 8 heteroatoms. The summed E-state index contributed by atoms with van der Waals surface area (Å²) in [6.07, 6.45) is 0.277. The summed E-state index contributed by atoms with van der Waals surface area (Å²) in [6.45, 7) is 7.76. The molecule has 1 fully saturated rings. The molecule has 3 amide bonds. The monoisotopic (exact) mass is 571 g/mol. The van der Waals surface area contributed by atoms with Crippen molar-refractivity contribution in [3.63, 3.8) is 0 Å². The summed E-state index contributed by atoms with van der Waals surface area (Å²) in [7, 11) is 0. The van der Waals surface area contributed by atoms with Gasteiger partial charge in [0.25, 0.3) is 0 Å². The average molecular weight is 572 g/mol. The number of carbonyl (C=O) groups excluding carboxylic acids is 3. The molecule has 0 aromatic heterocycles. The summed E-state index contributed by atoms with van der Waals surface area (Å²) < 4.78 is 11.2. The van der Waals surface area contributed by atoms with E-state index in [0.29, 0.717) is 19.4 Å². The molecule has 0 radical (unpaired) electrons. The van der Waals surface area contributed by atoms with Crippen LogP contribution in [0.1, 0.15) is 69.7 Å². The SMILES string of the molecule is CCCC[C@](NC(=O)OCc1ccccc1)(NC(=O)OC(C)(C)C)[C@H]1C(=O)N(Cc2ccccc2)[C@@H]1c1ccccc1. The van der Waals surface area contributed by atoms with Crippen molar-refractivity contribution in [1.29, 1.82) is 0 Å². The van der Waals surface area contributed by atoms with Gasteiger partial charge in [0, 0.05) is 6.54 Å². The smallest absolute Gasteiger partial charge is 0.409 e. The Bertz CT molecular complexity index is 1330. The molecule has 3 atom stereocenters. The first-order chi connectivity index (χ1) is 20.1. The maximum atomic E-state index is 14.1. The number of hydrogen-bond acceptors (Lipinski definition) is 5. The van der Waals surface area contributed by atoms with E-state index in [-0.39, 0.29) is 12.5 Å². The van der Waals surface area contributed by atoms with Crippen LogP contribution < -0.4 is 10.6 Å². The zero-order chi connectivity index (χ0) is 30.2. The highest BCUT2D eigenvalue weighted by atomic mass is 16.6. The van der Waals surface area contributed by atoms with Crippen LogP contribution in [0.15, 0.2) is 91.0 Å². The molecule has 1 aliphatic rings. The lowest BCUT2D eigenvalue weighted by atomic mass is 9.71. The molecule has 0 saturated carbocycles. The van der Waals surface area contributed by atoms with Crippen molar-refractivity contribution in [1.82, 2.24) is 15.5 Å². The van der Waals surface area contributed by atoms with Gasteiger partial charge >= 0.3 is 12.2 Å². The Labute approximate surface area is 248 Å². The highest BCUT2D eigenvalue weighted by molar-refractivity contribution is 5.89. The van der Waals surface area contributed by atoms with Crippen LogP contribution >= 0.6 is 0 Å². The van der Waals surface area contributed by atoms with E-state index in [9.17, 15) is 14.4 Å². The summed E-state index contributed by atoms with van der Waals surface area (Å²) in [6, 6.07) is 28.4. The Morgan fingerprint density at radius 3 is 1.93 bits per heavy atom. The molecule has 222 valence electrons. The van der Waals surface area contributed by atoms with Gasteiger partial charge in [0.05, 0.1) is 6.04 Å². The topological polar surface area (TPSA) is 97.0 Å². The highest BCUT2D eigenvalue weighted by Crippen LogP contribution is 2.47. The van der Waals surface area contributed by atoms with Gasteiger partial charge in [-0.15, -0.1) is 0 Å². The molecule has 1 heterocycles. The van der Waals surface area contributed by atoms with Crippen LogP contribution in [0.2, 0.25) is 0 Å². The number of nitrogens with one attached hydrogen (secondary N) is 2. The fraction of sp³-hybridized carbons (Fsp3) is 0.382. The van der Waals surface area contributed by atoms with Gasteiger partial charge in [-0.1, -0.05) is 104 Å². The number of unbranched alkanes of at least 4 members (excludes halogenated alkanes) is 1. The third-order valence-electron chi connectivity index (χ3n) is 7.25. The molecule has 3 aromatic carbocycles. The minimum Gasteiger partial charge on any atom is -0.445 e. The van der Waals surface area contributed by atoms with Gasteiger partial charge in [0.1, 0.15) is 23.8 Å². The molecule has 1 saturated heterocycles. The lowest BCUT2D eigenvalue weighted by molar-refractivity contribution is -0.167. The Morgan fingerprint density at radius 2 is 1.36 bits per heavy atom. The second-order valence-corrected chi connectivity index (χ2v) is 11.7. The zero-order valence-corrected chi connectivity index (χ0v) is 24.8. The maximum absolute atomic E-state index is 14.1. The van der Waals surface area contributed by atoms with E-state index < -0.39 is 35.4 Å². The molecule has 0 aliphatic carbocycles. The van der Waals surface area contributed by atoms with Crippen molar-refractivity contribution in [3.05, 3.63) is 108 Å². The van der Waals surface area contributed by atoms with Crippen molar-refractivity contribution in [3.8, 4) is 0 Å². The van der Waals surface area contributed by atoms with E-state index in [1.165, 1.54) is 0 Å². The fourth-order valence-corrected chi connectivity index (χ4v) is 5.36. The van der Waals surface area contributed by atoms with Crippen LogP contribution in [-0.4, -0.2) is 34.3 Å². The number of nitrogens with zero attached hydrogens (tertiary/aromatic N) is 1. The van der Waals surface area contributed by atoms with Crippen LogP contribution in [0.25, 0.3) is 0 Å². The summed E-state index contributed by atoms with van der Waals surface area (Å²) in [5.41, 5.74) is 0.472. The number of β-lactam (4-membered cyclic amide) rings is 1. The second-order valence-electron chi connectivity index (χ2n) is 11.7. The van der Waals surface area contributed by atoms with E-state index in [0.717, 1.165) is 23.1 Å². The van der Waals surface area contributed by atoms with E-state index in [4.69, 9.17) is 9.47 Å². The summed E-state index contributed by atoms with van der Waals surface area (Å²) in [5, 5.41) is 5.90. The number of rotatable bonds is 11. The first kappa shape index (κ1) is 30.6. The van der Waals surface area contributed by atoms with Crippen molar-refractivity contribution in [2.75, 3.05) is 0 Å². The van der Waals surface area contributed by atoms with Gasteiger partial charge in [-0.25, -0.2) is 9.59 Å². The van der Waals surface area contributed by atoms with Crippen LogP contribution in [0.5, 0.6) is 0 Å². The number of likely N-dealkylation sites (tertiary alicyclic amines) is 1. The highest BCUT2D eigenvalue weighted by Gasteiger charge is 2.60. The fourth-order valence-electron chi connectivity index (χ4n) is 5.36. The predicted molar refractivity (Wildman–Crippen MR) is 161 cm³/mol. The van der Waals surface area contributed by atoms with E-state index in [1.54, 1.807) is 25.7 Å². The third-order valence-corrected chi connectivity index (χ3v) is 7.25. The van der Waals surface area contributed by atoms with Crippen LogP contribution in [0.4, 0.5) is 9.59 Å². The summed E-state index contributed by atoms with van der Waals surface area (Å²) in [4.78, 5) is 42.6. The van der Waals surface area contributed by atoms with E-state index in [2.05, 4.69) is 10.6 Å². The van der Waals surface area contributed by atoms with Crippen molar-refractivity contribution >= 4 is 18.1 Å². The van der Waals surface area contributed by atoms with Crippen molar-refractivity contribution in [2.45, 2.75) is 77.4 Å². The van der Waals surface area contributed by atoms with Crippen LogP contribution in [0, 0.1) is 5.92 Å². The number of hydrogen-bond donors (Lipinski definition) is 2. The molecule has 0 bridgehead atoms. The number of amides is 3. The third kappa shape index (κ3) is 7.69. The Kier molecular flexibility index (Phi) is 9.88. The minimum absolute atomic E-state index is 0.0455. The molecule has 4 rings (SSSR count). The number of benzene rings is 3. The normalized spacial score (nSPS) is 17.9. The first-order valence-electron chi connectivity index (χ1n) is 14.5. The molecule has 42 heavy (non-hydrogen) atoms. The summed E-state index contributed by atoms with van der Waals surface area (Å²) >= 11 is 0. The lowest BCUT2D eigenvalue weighted by Gasteiger charge is -2.55. The molecule has 3 aromatic rings. The summed E-state index contributed by atoms with van der Waals surface area (Å²) in [5.74, 6) is -0.977. The second kappa shape index (κ2) is 13.6. The largest absolute Gasteiger partial charge is 0.445 e. The number of ether oxygens (including phenoxy) is 2. The standard InChI is InChI=1S/C34H41N3O5/c1-5-6-22-34(36-32(40)42-33(2,3)4,35-31(39)41-24-26-18-12-8-13-19-26)28-29(27-20-14-9-15-21-27)37(30(28)38)23-25-16-10-7-11-17-25/h7-21,28-29H,5-6,22-24H2,1-4H3,(H,35,39)(H,36,40)/t28-,29-,34+/m1/s1. The Balaban J connectivity index is 1.71. The molecular formula is C34H41N3O5.